The molecule has 0 aliphatic rings. The van der Waals surface area contributed by atoms with Crippen LogP contribution in [-0.2, 0) is 6.54 Å². The van der Waals surface area contributed by atoms with Gasteiger partial charge in [0.2, 0.25) is 0 Å². The average molecular weight is 373 g/mol. The molecule has 0 aliphatic carbocycles. The predicted molar refractivity (Wildman–Crippen MR) is 99.4 cm³/mol. The highest BCUT2D eigenvalue weighted by atomic mass is 35.5. The number of carbonyl (C=O) groups is 1. The Morgan fingerprint density at radius 3 is 2.64 bits per heavy atom. The summed E-state index contributed by atoms with van der Waals surface area (Å²) < 4.78 is 0. The first-order valence-electron chi connectivity index (χ1n) is 7.48. The normalized spacial score (nSPS) is 10.3. The molecule has 0 saturated heterocycles. The van der Waals surface area contributed by atoms with Gasteiger partial charge in [0.25, 0.3) is 5.91 Å². The average Bonchev–Trinajstić information content (AvgIpc) is 2.63. The van der Waals surface area contributed by atoms with E-state index in [1.54, 1.807) is 42.7 Å². The number of carbonyl (C=O) groups excluding carboxylic acids is 1. The van der Waals surface area contributed by atoms with E-state index in [0.717, 1.165) is 5.69 Å². The van der Waals surface area contributed by atoms with E-state index in [2.05, 4.69) is 20.6 Å². The van der Waals surface area contributed by atoms with Crippen molar-refractivity contribution in [3.8, 4) is 0 Å². The molecule has 0 fully saturated rings. The minimum atomic E-state index is -0.210. The summed E-state index contributed by atoms with van der Waals surface area (Å²) in [5, 5.41) is 6.92. The Balaban J connectivity index is 1.69. The number of aromatic nitrogens is 2. The molecule has 2 N–H and O–H groups in total. The Morgan fingerprint density at radius 1 is 1.00 bits per heavy atom. The molecule has 0 unspecified atom stereocenters. The topological polar surface area (TPSA) is 66.9 Å². The zero-order chi connectivity index (χ0) is 17.6. The molecule has 1 aromatic carbocycles. The molecule has 0 aliphatic heterocycles. The number of rotatable bonds is 5. The van der Waals surface area contributed by atoms with E-state index in [0.29, 0.717) is 33.7 Å². The van der Waals surface area contributed by atoms with Crippen LogP contribution in [0.4, 0.5) is 11.5 Å². The van der Waals surface area contributed by atoms with Crippen molar-refractivity contribution in [2.24, 2.45) is 0 Å². The maximum absolute atomic E-state index is 12.3. The monoisotopic (exact) mass is 372 g/mol. The minimum Gasteiger partial charge on any atom is -0.346 e. The van der Waals surface area contributed by atoms with Crippen LogP contribution >= 0.6 is 23.2 Å². The smallest absolute Gasteiger partial charge is 0.251 e. The third-order valence-electron chi connectivity index (χ3n) is 3.37. The first-order valence-corrected chi connectivity index (χ1v) is 8.23. The molecule has 2 aromatic heterocycles. The first kappa shape index (κ1) is 17.2. The Kier molecular flexibility index (Phi) is 5.48. The van der Waals surface area contributed by atoms with Gasteiger partial charge in [-0.3, -0.25) is 9.78 Å². The lowest BCUT2D eigenvalue weighted by Crippen LogP contribution is -2.23. The van der Waals surface area contributed by atoms with Crippen molar-refractivity contribution in [3.63, 3.8) is 0 Å². The highest BCUT2D eigenvalue weighted by molar-refractivity contribution is 6.36. The summed E-state index contributed by atoms with van der Waals surface area (Å²) in [6.07, 6.45) is 3.24. The van der Waals surface area contributed by atoms with E-state index < -0.39 is 0 Å². The largest absolute Gasteiger partial charge is 0.346 e. The Hall–Kier alpha value is -2.63. The maximum atomic E-state index is 12.3. The molecular formula is C18H14Cl2N4O. The van der Waals surface area contributed by atoms with Crippen molar-refractivity contribution in [2.45, 2.75) is 6.54 Å². The van der Waals surface area contributed by atoms with Crippen LogP contribution in [0.15, 0.2) is 60.9 Å². The van der Waals surface area contributed by atoms with Gasteiger partial charge in [0.1, 0.15) is 5.82 Å². The highest BCUT2D eigenvalue weighted by Gasteiger charge is 2.08. The zero-order valence-corrected chi connectivity index (χ0v) is 14.6. The third-order valence-corrected chi connectivity index (χ3v) is 3.92. The van der Waals surface area contributed by atoms with Gasteiger partial charge in [-0.05, 0) is 42.5 Å². The minimum absolute atomic E-state index is 0.210. The van der Waals surface area contributed by atoms with E-state index in [4.69, 9.17) is 23.2 Å². The van der Waals surface area contributed by atoms with Crippen LogP contribution in [-0.4, -0.2) is 15.9 Å². The first-order chi connectivity index (χ1) is 12.1. The third kappa shape index (κ3) is 4.68. The number of pyridine rings is 2. The summed E-state index contributed by atoms with van der Waals surface area (Å²) in [5.41, 5.74) is 1.93. The number of benzene rings is 1. The number of nitrogens with zero attached hydrogens (tertiary/aromatic N) is 2. The molecule has 0 radical (unpaired) electrons. The molecule has 0 spiro atoms. The maximum Gasteiger partial charge on any atom is 0.251 e. The summed E-state index contributed by atoms with van der Waals surface area (Å²) in [4.78, 5) is 20.7. The van der Waals surface area contributed by atoms with E-state index in [9.17, 15) is 4.79 Å². The summed E-state index contributed by atoms with van der Waals surface area (Å²) in [6, 6.07) is 13.9. The molecule has 0 atom stereocenters. The molecule has 7 heteroatoms. The Labute approximate surface area is 155 Å². The number of halogens is 2. The molecule has 2 heterocycles. The second-order valence-electron chi connectivity index (χ2n) is 5.18. The van der Waals surface area contributed by atoms with Gasteiger partial charge in [0.05, 0.1) is 22.9 Å². The van der Waals surface area contributed by atoms with Crippen LogP contribution in [0.3, 0.4) is 0 Å². The molecular weight excluding hydrogens is 359 g/mol. The molecule has 1 amide bonds. The molecule has 5 nitrogen and oxygen atoms in total. The quantitative estimate of drug-likeness (QED) is 0.693. The lowest BCUT2D eigenvalue weighted by atomic mass is 10.2. The van der Waals surface area contributed by atoms with E-state index in [1.807, 2.05) is 18.2 Å². The van der Waals surface area contributed by atoms with Crippen molar-refractivity contribution in [3.05, 3.63) is 82.2 Å². The van der Waals surface area contributed by atoms with E-state index in [-0.39, 0.29) is 5.91 Å². The zero-order valence-electron chi connectivity index (χ0n) is 13.0. The molecule has 3 aromatic rings. The number of amides is 1. The fourth-order valence-electron chi connectivity index (χ4n) is 2.14. The van der Waals surface area contributed by atoms with Crippen LogP contribution in [0.2, 0.25) is 10.0 Å². The molecule has 0 bridgehead atoms. The van der Waals surface area contributed by atoms with Gasteiger partial charge in [-0.15, -0.1) is 0 Å². The molecule has 0 saturated carbocycles. The fourth-order valence-corrected chi connectivity index (χ4v) is 2.60. The van der Waals surface area contributed by atoms with Crippen LogP contribution in [0.5, 0.6) is 0 Å². The molecule has 3 rings (SSSR count). The summed E-state index contributed by atoms with van der Waals surface area (Å²) in [7, 11) is 0. The van der Waals surface area contributed by atoms with Gasteiger partial charge >= 0.3 is 0 Å². The number of hydrogen-bond acceptors (Lipinski definition) is 4. The van der Waals surface area contributed by atoms with Crippen molar-refractivity contribution in [1.82, 2.24) is 15.3 Å². The molecule has 126 valence electrons. The van der Waals surface area contributed by atoms with Gasteiger partial charge in [-0.1, -0.05) is 29.3 Å². The lowest BCUT2D eigenvalue weighted by molar-refractivity contribution is 0.0950. The summed E-state index contributed by atoms with van der Waals surface area (Å²) >= 11 is 12.0. The second-order valence-corrected chi connectivity index (χ2v) is 6.03. The van der Waals surface area contributed by atoms with Gasteiger partial charge in [-0.2, -0.15) is 0 Å². The Morgan fingerprint density at radius 2 is 1.88 bits per heavy atom. The fraction of sp³-hybridized carbons (Fsp3) is 0.0556. The number of hydrogen-bond donors (Lipinski definition) is 2. The second kappa shape index (κ2) is 7.96. The van der Waals surface area contributed by atoms with E-state index >= 15 is 0 Å². The summed E-state index contributed by atoms with van der Waals surface area (Å²) in [5.74, 6) is 0.299. The van der Waals surface area contributed by atoms with Crippen LogP contribution in [0.1, 0.15) is 16.1 Å². The van der Waals surface area contributed by atoms with Crippen molar-refractivity contribution in [2.75, 3.05) is 5.32 Å². The standard InChI is InChI=1S/C18H14Cl2N4O/c19-13-4-5-16(15(20)10-13)24-17-9-12(6-8-22-17)18(25)23-11-14-3-1-2-7-21-14/h1-10H,11H2,(H,22,24)(H,23,25). The van der Waals surface area contributed by atoms with Crippen LogP contribution in [0, 0.1) is 0 Å². The van der Waals surface area contributed by atoms with Gasteiger partial charge in [-0.25, -0.2) is 4.98 Å². The SMILES string of the molecule is O=C(NCc1ccccn1)c1ccnc(Nc2ccc(Cl)cc2Cl)c1. The highest BCUT2D eigenvalue weighted by Crippen LogP contribution is 2.27. The van der Waals surface area contributed by atoms with Crippen molar-refractivity contribution < 1.29 is 4.79 Å². The van der Waals surface area contributed by atoms with Crippen molar-refractivity contribution >= 4 is 40.6 Å². The lowest BCUT2D eigenvalue weighted by Gasteiger charge is -2.09. The van der Waals surface area contributed by atoms with Gasteiger partial charge < -0.3 is 10.6 Å². The number of nitrogens with one attached hydrogen (secondary N) is 2. The summed E-state index contributed by atoms with van der Waals surface area (Å²) in [6.45, 7) is 0.355. The Bertz CT molecular complexity index is 887. The molecule has 25 heavy (non-hydrogen) atoms. The predicted octanol–water partition coefficient (Wildman–Crippen LogP) is 4.46. The van der Waals surface area contributed by atoms with Gasteiger partial charge in [0, 0.05) is 23.0 Å². The number of anilines is 2. The van der Waals surface area contributed by atoms with Crippen LogP contribution in [0.25, 0.3) is 0 Å². The van der Waals surface area contributed by atoms with Crippen molar-refractivity contribution in [1.29, 1.82) is 0 Å². The van der Waals surface area contributed by atoms with Crippen LogP contribution < -0.4 is 10.6 Å². The van der Waals surface area contributed by atoms with E-state index in [1.165, 1.54) is 0 Å². The van der Waals surface area contributed by atoms with Gasteiger partial charge in [0.15, 0.2) is 0 Å².